The number of nitrogens with one attached hydrogen (secondary N) is 3. The standard InChI is InChI=1S/C15H20ClF3N4O.HI/c1-20-14(22-10-8-15(17,18)19)21-9-2-3-13(24)23-12-6-4-11(16)5-7-12;/h4-7H,2-3,8-10H2,1H3,(H,23,24)(H2,20,21,22);1H. The zero-order chi connectivity index (χ0) is 18.0. The molecule has 0 radical (unpaired) electrons. The monoisotopic (exact) mass is 492 g/mol. The summed E-state index contributed by atoms with van der Waals surface area (Å²) in [6, 6.07) is 6.75. The number of carbonyl (C=O) groups is 1. The minimum Gasteiger partial charge on any atom is -0.356 e. The van der Waals surface area contributed by atoms with Crippen LogP contribution in [0.1, 0.15) is 19.3 Å². The maximum absolute atomic E-state index is 12.1. The highest BCUT2D eigenvalue weighted by atomic mass is 127. The van der Waals surface area contributed by atoms with Gasteiger partial charge in [-0.1, -0.05) is 11.6 Å². The predicted octanol–water partition coefficient (Wildman–Crippen LogP) is 3.79. The van der Waals surface area contributed by atoms with Crippen molar-refractivity contribution in [2.75, 3.05) is 25.5 Å². The molecule has 3 N–H and O–H groups in total. The third kappa shape index (κ3) is 11.9. The van der Waals surface area contributed by atoms with E-state index in [4.69, 9.17) is 11.6 Å². The Hall–Kier alpha value is -1.23. The summed E-state index contributed by atoms with van der Waals surface area (Å²) in [4.78, 5) is 15.6. The van der Waals surface area contributed by atoms with Crippen molar-refractivity contribution in [2.24, 2.45) is 4.99 Å². The molecule has 0 saturated heterocycles. The Morgan fingerprint density at radius 2 is 1.76 bits per heavy atom. The number of halogens is 5. The fourth-order valence-electron chi connectivity index (χ4n) is 1.76. The number of hydrogen-bond donors (Lipinski definition) is 3. The molecule has 0 aliphatic rings. The fourth-order valence-corrected chi connectivity index (χ4v) is 1.88. The Balaban J connectivity index is 0.00000576. The van der Waals surface area contributed by atoms with Crippen molar-refractivity contribution >= 4 is 53.1 Å². The first-order valence-electron chi connectivity index (χ1n) is 7.37. The second-order valence-electron chi connectivity index (χ2n) is 4.95. The Morgan fingerprint density at radius 1 is 1.16 bits per heavy atom. The summed E-state index contributed by atoms with van der Waals surface area (Å²) < 4.78 is 36.2. The van der Waals surface area contributed by atoms with E-state index in [-0.39, 0.29) is 48.8 Å². The minimum atomic E-state index is -4.20. The molecule has 0 atom stereocenters. The maximum atomic E-state index is 12.1. The molecule has 0 aromatic heterocycles. The molecule has 0 fully saturated rings. The van der Waals surface area contributed by atoms with E-state index in [9.17, 15) is 18.0 Å². The molecule has 0 spiro atoms. The lowest BCUT2D eigenvalue weighted by molar-refractivity contribution is -0.132. The summed E-state index contributed by atoms with van der Waals surface area (Å²) in [6.07, 6.45) is -4.35. The fraction of sp³-hybridized carbons (Fsp3) is 0.467. The lowest BCUT2D eigenvalue weighted by atomic mass is 10.2. The van der Waals surface area contributed by atoms with Crippen molar-refractivity contribution in [3.8, 4) is 0 Å². The second-order valence-corrected chi connectivity index (χ2v) is 5.39. The average molecular weight is 493 g/mol. The number of amides is 1. The average Bonchev–Trinajstić information content (AvgIpc) is 2.51. The first-order valence-corrected chi connectivity index (χ1v) is 7.74. The number of hydrogen-bond acceptors (Lipinski definition) is 2. The summed E-state index contributed by atoms with van der Waals surface area (Å²) in [7, 11) is 1.47. The molecule has 0 aliphatic heterocycles. The zero-order valence-corrected chi connectivity index (χ0v) is 16.7. The molecule has 0 unspecified atom stereocenters. The van der Waals surface area contributed by atoms with E-state index < -0.39 is 12.6 Å². The molecule has 142 valence electrons. The second kappa shape index (κ2) is 12.2. The molecule has 1 rings (SSSR count). The van der Waals surface area contributed by atoms with Crippen LogP contribution in [0.4, 0.5) is 18.9 Å². The highest BCUT2D eigenvalue weighted by Gasteiger charge is 2.26. The van der Waals surface area contributed by atoms with Crippen LogP contribution in [0.15, 0.2) is 29.3 Å². The van der Waals surface area contributed by atoms with Crippen molar-refractivity contribution in [1.82, 2.24) is 10.6 Å². The molecule has 1 aromatic carbocycles. The van der Waals surface area contributed by atoms with Crippen LogP contribution in [0.25, 0.3) is 0 Å². The molecule has 0 bridgehead atoms. The topological polar surface area (TPSA) is 65.5 Å². The van der Waals surface area contributed by atoms with E-state index in [1.807, 2.05) is 0 Å². The number of alkyl halides is 3. The molecule has 0 aliphatic carbocycles. The molecule has 5 nitrogen and oxygen atoms in total. The van der Waals surface area contributed by atoms with Gasteiger partial charge in [0.25, 0.3) is 0 Å². The van der Waals surface area contributed by atoms with Crippen molar-refractivity contribution in [2.45, 2.75) is 25.4 Å². The van der Waals surface area contributed by atoms with Gasteiger partial charge in [-0.05, 0) is 30.7 Å². The Labute approximate surface area is 166 Å². The first kappa shape index (κ1) is 23.8. The molecule has 0 saturated carbocycles. The molecular formula is C15H21ClF3IN4O. The molecule has 10 heteroatoms. The quantitative estimate of drug-likeness (QED) is 0.235. The Bertz CT molecular complexity index is 553. The molecule has 1 aromatic rings. The van der Waals surface area contributed by atoms with Crippen molar-refractivity contribution in [3.63, 3.8) is 0 Å². The highest BCUT2D eigenvalue weighted by Crippen LogP contribution is 2.18. The molecule has 1 amide bonds. The zero-order valence-electron chi connectivity index (χ0n) is 13.6. The van der Waals surface area contributed by atoms with Gasteiger partial charge in [-0.25, -0.2) is 0 Å². The van der Waals surface area contributed by atoms with Crippen LogP contribution >= 0.6 is 35.6 Å². The van der Waals surface area contributed by atoms with Crippen LogP contribution < -0.4 is 16.0 Å². The van der Waals surface area contributed by atoms with E-state index in [0.29, 0.717) is 23.7 Å². The van der Waals surface area contributed by atoms with Gasteiger partial charge in [-0.3, -0.25) is 9.79 Å². The number of guanidine groups is 1. The van der Waals surface area contributed by atoms with Crippen molar-refractivity contribution in [3.05, 3.63) is 29.3 Å². The predicted molar refractivity (Wildman–Crippen MR) is 105 cm³/mol. The van der Waals surface area contributed by atoms with Gasteiger partial charge in [0.15, 0.2) is 5.96 Å². The number of anilines is 1. The van der Waals surface area contributed by atoms with E-state index in [2.05, 4.69) is 20.9 Å². The number of benzene rings is 1. The van der Waals surface area contributed by atoms with Gasteiger partial charge >= 0.3 is 6.18 Å². The van der Waals surface area contributed by atoms with Crippen LogP contribution in [-0.2, 0) is 4.79 Å². The summed E-state index contributed by atoms with van der Waals surface area (Å²) in [5.74, 6) is 0.122. The van der Waals surface area contributed by atoms with Crippen molar-refractivity contribution in [1.29, 1.82) is 0 Å². The van der Waals surface area contributed by atoms with E-state index in [1.165, 1.54) is 7.05 Å². The molecule has 0 heterocycles. The third-order valence-electron chi connectivity index (χ3n) is 2.93. The van der Waals surface area contributed by atoms with Crippen LogP contribution in [-0.4, -0.2) is 38.2 Å². The number of nitrogens with zero attached hydrogens (tertiary/aromatic N) is 1. The molecular weight excluding hydrogens is 472 g/mol. The van der Waals surface area contributed by atoms with E-state index >= 15 is 0 Å². The Morgan fingerprint density at radius 3 is 2.32 bits per heavy atom. The van der Waals surface area contributed by atoms with Crippen LogP contribution in [0.5, 0.6) is 0 Å². The lowest BCUT2D eigenvalue weighted by Crippen LogP contribution is -2.39. The van der Waals surface area contributed by atoms with E-state index in [0.717, 1.165) is 0 Å². The summed E-state index contributed by atoms with van der Waals surface area (Å²) >= 11 is 5.75. The highest BCUT2D eigenvalue weighted by molar-refractivity contribution is 14.0. The molecule has 25 heavy (non-hydrogen) atoms. The summed E-state index contributed by atoms with van der Waals surface area (Å²) in [5.41, 5.74) is 0.655. The SMILES string of the molecule is CN=C(NCCCC(=O)Nc1ccc(Cl)cc1)NCCC(F)(F)F.I. The van der Waals surface area contributed by atoms with Crippen LogP contribution in [0.2, 0.25) is 5.02 Å². The Kier molecular flexibility index (Phi) is 11.6. The van der Waals surface area contributed by atoms with Crippen LogP contribution in [0.3, 0.4) is 0 Å². The van der Waals surface area contributed by atoms with Crippen molar-refractivity contribution < 1.29 is 18.0 Å². The van der Waals surface area contributed by atoms with Gasteiger partial charge in [0.05, 0.1) is 6.42 Å². The normalized spacial score (nSPS) is 11.5. The summed E-state index contributed by atoms with van der Waals surface area (Å²) in [5, 5.41) is 8.73. The van der Waals surface area contributed by atoms with Crippen LogP contribution in [0, 0.1) is 0 Å². The van der Waals surface area contributed by atoms with E-state index in [1.54, 1.807) is 24.3 Å². The van der Waals surface area contributed by atoms with Gasteiger partial charge in [-0.15, -0.1) is 24.0 Å². The number of rotatable bonds is 7. The smallest absolute Gasteiger partial charge is 0.356 e. The van der Waals surface area contributed by atoms with Gasteiger partial charge in [0.1, 0.15) is 0 Å². The minimum absolute atomic E-state index is 0. The number of carbonyl (C=O) groups excluding carboxylic acids is 1. The third-order valence-corrected chi connectivity index (χ3v) is 3.18. The van der Waals surface area contributed by atoms with Gasteiger partial charge in [0, 0.05) is 37.3 Å². The van der Waals surface area contributed by atoms with Gasteiger partial charge in [-0.2, -0.15) is 13.2 Å². The van der Waals surface area contributed by atoms with Gasteiger partial charge in [0.2, 0.25) is 5.91 Å². The largest absolute Gasteiger partial charge is 0.390 e. The first-order chi connectivity index (χ1) is 11.3. The summed E-state index contributed by atoms with van der Waals surface area (Å²) in [6.45, 7) is 0.167. The lowest BCUT2D eigenvalue weighted by Gasteiger charge is -2.12. The number of aliphatic imine (C=N–C) groups is 1. The van der Waals surface area contributed by atoms with Gasteiger partial charge < -0.3 is 16.0 Å². The maximum Gasteiger partial charge on any atom is 0.390 e.